The zero-order valence-electron chi connectivity index (χ0n) is 20.8. The van der Waals surface area contributed by atoms with Crippen LogP contribution in [0.5, 0.6) is 0 Å². The van der Waals surface area contributed by atoms with Crippen LogP contribution in [0.15, 0.2) is 23.8 Å². The Morgan fingerprint density at radius 2 is 1.82 bits per heavy atom. The molecule has 0 aromatic rings. The lowest BCUT2D eigenvalue weighted by Gasteiger charge is -2.26. The first-order valence-electron chi connectivity index (χ1n) is 11.9. The number of esters is 1. The molecule has 0 saturated carbocycles. The number of carbonyl (C=O) groups excluding carboxylic acids is 4. The van der Waals surface area contributed by atoms with Gasteiger partial charge in [-0.1, -0.05) is 39.8 Å². The SMILES string of the molecule is CCOC(=O)/C=C/[C@H](CC(C)C)NC(=O)[C@H](CO)NC(=O)[C@@H](NC(=O)C1=CCCNC1)C(C)C. The van der Waals surface area contributed by atoms with Gasteiger partial charge < -0.3 is 31.1 Å². The molecule has 3 atom stereocenters. The lowest BCUT2D eigenvalue weighted by atomic mass is 10.0. The van der Waals surface area contributed by atoms with Crippen molar-refractivity contribution in [2.24, 2.45) is 11.8 Å². The number of aliphatic hydroxyl groups is 1. The molecule has 1 aliphatic rings. The van der Waals surface area contributed by atoms with Gasteiger partial charge in [-0.15, -0.1) is 0 Å². The zero-order chi connectivity index (χ0) is 25.7. The first kappa shape index (κ1) is 29.3. The minimum atomic E-state index is -1.22. The molecule has 10 heteroatoms. The molecule has 3 amide bonds. The highest BCUT2D eigenvalue weighted by Crippen LogP contribution is 2.09. The van der Waals surface area contributed by atoms with Gasteiger partial charge in [0.15, 0.2) is 0 Å². The van der Waals surface area contributed by atoms with E-state index in [-0.39, 0.29) is 24.3 Å². The first-order valence-corrected chi connectivity index (χ1v) is 11.9. The van der Waals surface area contributed by atoms with Crippen molar-refractivity contribution in [3.05, 3.63) is 23.8 Å². The minimum Gasteiger partial charge on any atom is -0.463 e. The van der Waals surface area contributed by atoms with E-state index in [1.807, 2.05) is 19.9 Å². The number of carbonyl (C=O) groups is 4. The molecule has 0 bridgehead atoms. The molecule has 0 saturated heterocycles. The Labute approximate surface area is 202 Å². The van der Waals surface area contributed by atoms with Gasteiger partial charge in [0.25, 0.3) is 0 Å². The Morgan fingerprint density at radius 3 is 2.35 bits per heavy atom. The van der Waals surface area contributed by atoms with E-state index < -0.39 is 42.5 Å². The third-order valence-corrected chi connectivity index (χ3v) is 5.17. The number of hydrogen-bond donors (Lipinski definition) is 5. The van der Waals surface area contributed by atoms with Crippen molar-refractivity contribution >= 4 is 23.7 Å². The largest absolute Gasteiger partial charge is 0.463 e. The van der Waals surface area contributed by atoms with Gasteiger partial charge in [0.1, 0.15) is 12.1 Å². The van der Waals surface area contributed by atoms with Crippen molar-refractivity contribution in [1.82, 2.24) is 21.3 Å². The van der Waals surface area contributed by atoms with Crippen LogP contribution in [-0.4, -0.2) is 73.2 Å². The Hall–Kier alpha value is -2.72. The fraction of sp³-hybridized carbons (Fsp3) is 0.667. The second-order valence-electron chi connectivity index (χ2n) is 8.99. The van der Waals surface area contributed by atoms with Crippen molar-refractivity contribution in [1.29, 1.82) is 0 Å². The summed E-state index contributed by atoms with van der Waals surface area (Å²) in [6.45, 7) is 10.0. The molecule has 0 radical (unpaired) electrons. The van der Waals surface area contributed by atoms with Gasteiger partial charge in [0.2, 0.25) is 17.7 Å². The first-order chi connectivity index (χ1) is 16.1. The number of nitrogens with one attached hydrogen (secondary N) is 4. The highest BCUT2D eigenvalue weighted by atomic mass is 16.5. The van der Waals surface area contributed by atoms with Crippen LogP contribution in [-0.2, 0) is 23.9 Å². The number of amides is 3. The summed E-state index contributed by atoms with van der Waals surface area (Å²) in [6.07, 6.45) is 5.90. The molecule has 0 aromatic carbocycles. The topological polar surface area (TPSA) is 146 Å². The van der Waals surface area contributed by atoms with E-state index in [1.54, 1.807) is 20.8 Å². The Kier molecular flexibility index (Phi) is 13.1. The number of aliphatic hydroxyl groups excluding tert-OH is 1. The standard InChI is InChI=1S/C24H40N4O6/c1-6-34-20(30)10-9-18(12-15(2)3)26-23(32)19(14-29)27-24(33)21(16(4)5)28-22(31)17-8-7-11-25-13-17/h8-10,15-16,18-19,21,25,29H,6-7,11-14H2,1-5H3,(H,26,32)(H,27,33)(H,28,31)/b10-9+/t18-,19+,21+/m1/s1. The monoisotopic (exact) mass is 480 g/mol. The van der Waals surface area contributed by atoms with Gasteiger partial charge in [-0.3, -0.25) is 14.4 Å². The lowest BCUT2D eigenvalue weighted by molar-refractivity contribution is -0.137. The van der Waals surface area contributed by atoms with Crippen molar-refractivity contribution in [2.75, 3.05) is 26.3 Å². The van der Waals surface area contributed by atoms with Gasteiger partial charge in [-0.25, -0.2) is 4.79 Å². The van der Waals surface area contributed by atoms with Crippen LogP contribution in [0, 0.1) is 11.8 Å². The van der Waals surface area contributed by atoms with Crippen molar-refractivity contribution in [2.45, 2.75) is 65.6 Å². The van der Waals surface area contributed by atoms with Crippen molar-refractivity contribution in [3.8, 4) is 0 Å². The fourth-order valence-corrected chi connectivity index (χ4v) is 3.40. The van der Waals surface area contributed by atoms with E-state index in [0.29, 0.717) is 18.5 Å². The summed E-state index contributed by atoms with van der Waals surface area (Å²) in [4.78, 5) is 49.9. The number of ether oxygens (including phenoxy) is 1. The molecule has 0 fully saturated rings. The fourth-order valence-electron chi connectivity index (χ4n) is 3.40. The number of rotatable bonds is 13. The van der Waals surface area contributed by atoms with E-state index in [2.05, 4.69) is 21.3 Å². The zero-order valence-corrected chi connectivity index (χ0v) is 20.8. The Bertz CT molecular complexity index is 763. The Balaban J connectivity index is 2.83. The van der Waals surface area contributed by atoms with Crippen LogP contribution in [0.25, 0.3) is 0 Å². The average molecular weight is 481 g/mol. The van der Waals surface area contributed by atoms with Gasteiger partial charge in [-0.05, 0) is 38.1 Å². The molecule has 192 valence electrons. The molecule has 5 N–H and O–H groups in total. The predicted molar refractivity (Wildman–Crippen MR) is 129 cm³/mol. The summed E-state index contributed by atoms with van der Waals surface area (Å²) >= 11 is 0. The molecule has 10 nitrogen and oxygen atoms in total. The van der Waals surface area contributed by atoms with Crippen molar-refractivity contribution in [3.63, 3.8) is 0 Å². The Morgan fingerprint density at radius 1 is 1.12 bits per heavy atom. The molecule has 34 heavy (non-hydrogen) atoms. The summed E-state index contributed by atoms with van der Waals surface area (Å²) in [7, 11) is 0. The molecular weight excluding hydrogens is 440 g/mol. The molecule has 1 rings (SSSR count). The summed E-state index contributed by atoms with van der Waals surface area (Å²) < 4.78 is 4.87. The van der Waals surface area contributed by atoms with E-state index in [4.69, 9.17) is 4.74 Å². The van der Waals surface area contributed by atoms with Crippen LogP contribution < -0.4 is 21.3 Å². The second-order valence-corrected chi connectivity index (χ2v) is 8.99. The third-order valence-electron chi connectivity index (χ3n) is 5.17. The summed E-state index contributed by atoms with van der Waals surface area (Å²) in [5, 5.41) is 20.9. The van der Waals surface area contributed by atoms with Crippen molar-refractivity contribution < 1.29 is 29.0 Å². The maximum absolute atomic E-state index is 12.9. The van der Waals surface area contributed by atoms with Gasteiger partial charge in [0.05, 0.1) is 13.2 Å². The van der Waals surface area contributed by atoms with E-state index >= 15 is 0 Å². The van der Waals surface area contributed by atoms with E-state index in [0.717, 1.165) is 13.0 Å². The lowest BCUT2D eigenvalue weighted by Crippen LogP contribution is -2.57. The highest BCUT2D eigenvalue weighted by molar-refractivity contribution is 5.98. The van der Waals surface area contributed by atoms with Gasteiger partial charge >= 0.3 is 5.97 Å². The average Bonchev–Trinajstić information content (AvgIpc) is 2.79. The molecule has 0 aliphatic carbocycles. The third kappa shape index (κ3) is 10.5. The molecule has 1 heterocycles. The maximum atomic E-state index is 12.9. The minimum absolute atomic E-state index is 0.212. The molecule has 0 aromatic heterocycles. The number of hydrogen-bond acceptors (Lipinski definition) is 7. The van der Waals surface area contributed by atoms with Crippen LogP contribution in [0.2, 0.25) is 0 Å². The van der Waals surface area contributed by atoms with Gasteiger partial charge in [0, 0.05) is 24.2 Å². The van der Waals surface area contributed by atoms with Crippen LogP contribution in [0.3, 0.4) is 0 Å². The summed E-state index contributed by atoms with van der Waals surface area (Å²) in [6, 6.07) is -2.59. The van der Waals surface area contributed by atoms with E-state index in [9.17, 15) is 24.3 Å². The van der Waals surface area contributed by atoms with Crippen LogP contribution in [0.1, 0.15) is 47.5 Å². The molecule has 0 unspecified atom stereocenters. The summed E-state index contributed by atoms with van der Waals surface area (Å²) in [5.41, 5.74) is 0.561. The molecular formula is C24H40N4O6. The van der Waals surface area contributed by atoms with Crippen LogP contribution >= 0.6 is 0 Å². The highest BCUT2D eigenvalue weighted by Gasteiger charge is 2.30. The van der Waals surface area contributed by atoms with Crippen LogP contribution in [0.4, 0.5) is 0 Å². The molecule has 0 spiro atoms. The summed E-state index contributed by atoms with van der Waals surface area (Å²) in [5.74, 6) is -2.05. The predicted octanol–water partition coefficient (Wildman–Crippen LogP) is 0.174. The molecule has 1 aliphatic heterocycles. The quantitative estimate of drug-likeness (QED) is 0.187. The normalized spacial score (nSPS) is 16.5. The second kappa shape index (κ2) is 15.2. The van der Waals surface area contributed by atoms with E-state index in [1.165, 1.54) is 12.2 Å². The van der Waals surface area contributed by atoms with Gasteiger partial charge in [-0.2, -0.15) is 0 Å². The smallest absolute Gasteiger partial charge is 0.330 e. The maximum Gasteiger partial charge on any atom is 0.330 e.